The smallest absolute Gasteiger partial charge is 0.252 e. The molecule has 116 valence electrons. The summed E-state index contributed by atoms with van der Waals surface area (Å²) in [6, 6.07) is 17.0. The molecule has 4 nitrogen and oxygen atoms in total. The first kappa shape index (κ1) is 15.0. The highest BCUT2D eigenvalue weighted by molar-refractivity contribution is 5.96. The SMILES string of the molecule is Cc1ccccc1C(=O)N[C@H](C)c1cc(N)nc2ccccc12. The van der Waals surface area contributed by atoms with Gasteiger partial charge in [-0.1, -0.05) is 36.4 Å². The molecule has 3 N–H and O–H groups in total. The number of aromatic nitrogens is 1. The number of hydrogen-bond acceptors (Lipinski definition) is 3. The van der Waals surface area contributed by atoms with Crippen molar-refractivity contribution in [3.63, 3.8) is 0 Å². The lowest BCUT2D eigenvalue weighted by Gasteiger charge is -2.17. The molecule has 1 atom stereocenters. The Balaban J connectivity index is 1.94. The number of nitrogens with zero attached hydrogens (tertiary/aromatic N) is 1. The Hall–Kier alpha value is -2.88. The largest absolute Gasteiger partial charge is 0.384 e. The molecule has 4 heteroatoms. The molecule has 0 aliphatic heterocycles. The van der Waals surface area contributed by atoms with Gasteiger partial charge in [-0.2, -0.15) is 0 Å². The lowest BCUT2D eigenvalue weighted by atomic mass is 10.0. The summed E-state index contributed by atoms with van der Waals surface area (Å²) in [7, 11) is 0. The molecular weight excluding hydrogens is 286 g/mol. The van der Waals surface area contributed by atoms with Gasteiger partial charge in [0.05, 0.1) is 11.6 Å². The van der Waals surface area contributed by atoms with Crippen molar-refractivity contribution >= 4 is 22.6 Å². The summed E-state index contributed by atoms with van der Waals surface area (Å²) < 4.78 is 0. The maximum atomic E-state index is 12.5. The quantitative estimate of drug-likeness (QED) is 0.776. The van der Waals surface area contributed by atoms with Crippen LogP contribution in [0, 0.1) is 6.92 Å². The summed E-state index contributed by atoms with van der Waals surface area (Å²) >= 11 is 0. The average molecular weight is 305 g/mol. The van der Waals surface area contributed by atoms with Gasteiger partial charge in [0.2, 0.25) is 0 Å². The van der Waals surface area contributed by atoms with Gasteiger partial charge < -0.3 is 11.1 Å². The number of rotatable bonds is 3. The second-order valence-corrected chi connectivity index (χ2v) is 5.66. The average Bonchev–Trinajstić information content (AvgIpc) is 2.54. The molecule has 0 saturated heterocycles. The Bertz CT molecular complexity index is 873. The highest BCUT2D eigenvalue weighted by Gasteiger charge is 2.16. The normalized spacial score (nSPS) is 12.1. The van der Waals surface area contributed by atoms with Crippen molar-refractivity contribution in [1.82, 2.24) is 10.3 Å². The van der Waals surface area contributed by atoms with Gasteiger partial charge >= 0.3 is 0 Å². The van der Waals surface area contributed by atoms with E-state index in [-0.39, 0.29) is 11.9 Å². The minimum absolute atomic E-state index is 0.0879. The molecule has 23 heavy (non-hydrogen) atoms. The van der Waals surface area contributed by atoms with Crippen LogP contribution in [0.15, 0.2) is 54.6 Å². The van der Waals surface area contributed by atoms with Gasteiger partial charge in [0, 0.05) is 10.9 Å². The first-order chi connectivity index (χ1) is 11.1. The zero-order valence-electron chi connectivity index (χ0n) is 13.2. The molecule has 2 aromatic carbocycles. The Kier molecular flexibility index (Phi) is 3.98. The third-order valence-corrected chi connectivity index (χ3v) is 3.97. The van der Waals surface area contributed by atoms with Crippen molar-refractivity contribution < 1.29 is 4.79 Å². The number of pyridine rings is 1. The van der Waals surface area contributed by atoms with Crippen molar-refractivity contribution in [2.75, 3.05) is 5.73 Å². The number of nitrogen functional groups attached to an aromatic ring is 1. The van der Waals surface area contributed by atoms with Crippen LogP contribution in [0.3, 0.4) is 0 Å². The van der Waals surface area contributed by atoms with Crippen LogP contribution in [0.25, 0.3) is 10.9 Å². The summed E-state index contributed by atoms with van der Waals surface area (Å²) in [5.41, 5.74) is 9.35. The highest BCUT2D eigenvalue weighted by atomic mass is 16.1. The minimum Gasteiger partial charge on any atom is -0.384 e. The zero-order chi connectivity index (χ0) is 16.4. The molecule has 3 rings (SSSR count). The summed E-state index contributed by atoms with van der Waals surface area (Å²) in [5.74, 6) is 0.366. The van der Waals surface area contributed by atoms with E-state index in [0.717, 1.165) is 22.0 Å². The third-order valence-electron chi connectivity index (χ3n) is 3.97. The van der Waals surface area contributed by atoms with E-state index in [1.807, 2.05) is 68.4 Å². The molecule has 0 aliphatic carbocycles. The monoisotopic (exact) mass is 305 g/mol. The molecule has 0 fully saturated rings. The number of carbonyl (C=O) groups is 1. The standard InChI is InChI=1S/C19H19N3O/c1-12-7-3-4-8-14(12)19(23)21-13(2)16-11-18(20)22-17-10-6-5-9-15(16)17/h3-11,13H,1-2H3,(H2,20,22)(H,21,23)/t13-/m1/s1. The maximum Gasteiger partial charge on any atom is 0.252 e. The molecule has 1 amide bonds. The number of nitrogens with two attached hydrogens (primary N) is 1. The van der Waals surface area contributed by atoms with E-state index in [2.05, 4.69) is 10.3 Å². The number of para-hydroxylation sites is 1. The fourth-order valence-electron chi connectivity index (χ4n) is 2.76. The second-order valence-electron chi connectivity index (χ2n) is 5.66. The van der Waals surface area contributed by atoms with Gasteiger partial charge in [0.1, 0.15) is 5.82 Å². The van der Waals surface area contributed by atoms with Gasteiger partial charge in [-0.05, 0) is 43.2 Å². The predicted molar refractivity (Wildman–Crippen MR) is 93.2 cm³/mol. The first-order valence-electron chi connectivity index (χ1n) is 7.58. The fourth-order valence-corrected chi connectivity index (χ4v) is 2.76. The van der Waals surface area contributed by atoms with E-state index in [1.165, 1.54) is 0 Å². The molecule has 1 heterocycles. The Morgan fingerprint density at radius 2 is 1.83 bits per heavy atom. The van der Waals surface area contributed by atoms with Crippen molar-refractivity contribution in [3.8, 4) is 0 Å². The molecule has 0 spiro atoms. The van der Waals surface area contributed by atoms with Crippen LogP contribution in [-0.2, 0) is 0 Å². The van der Waals surface area contributed by atoms with Crippen molar-refractivity contribution in [2.24, 2.45) is 0 Å². The predicted octanol–water partition coefficient (Wildman–Crippen LogP) is 3.62. The van der Waals surface area contributed by atoms with E-state index in [4.69, 9.17) is 5.73 Å². The number of carbonyl (C=O) groups excluding carboxylic acids is 1. The van der Waals surface area contributed by atoms with Gasteiger partial charge in [0.25, 0.3) is 5.91 Å². The Morgan fingerprint density at radius 3 is 2.61 bits per heavy atom. The topological polar surface area (TPSA) is 68.0 Å². The summed E-state index contributed by atoms with van der Waals surface area (Å²) in [4.78, 5) is 16.8. The van der Waals surface area contributed by atoms with Crippen molar-refractivity contribution in [3.05, 3.63) is 71.3 Å². The molecule has 1 aromatic heterocycles. The molecule has 0 aliphatic rings. The summed E-state index contributed by atoms with van der Waals surface area (Å²) in [5, 5.41) is 4.05. The summed E-state index contributed by atoms with van der Waals surface area (Å²) in [6.45, 7) is 3.89. The van der Waals surface area contributed by atoms with Crippen LogP contribution >= 0.6 is 0 Å². The second kappa shape index (κ2) is 6.08. The Morgan fingerprint density at radius 1 is 1.13 bits per heavy atom. The van der Waals surface area contributed by atoms with Crippen LogP contribution in [-0.4, -0.2) is 10.9 Å². The third kappa shape index (κ3) is 3.01. The van der Waals surface area contributed by atoms with E-state index in [0.29, 0.717) is 11.4 Å². The number of benzene rings is 2. The molecule has 0 bridgehead atoms. The fraction of sp³-hybridized carbons (Fsp3) is 0.158. The van der Waals surface area contributed by atoms with Crippen LogP contribution in [0.2, 0.25) is 0 Å². The molecule has 3 aromatic rings. The van der Waals surface area contributed by atoms with Gasteiger partial charge in [-0.15, -0.1) is 0 Å². The number of amides is 1. The van der Waals surface area contributed by atoms with Gasteiger partial charge in [-0.25, -0.2) is 4.98 Å². The van der Waals surface area contributed by atoms with Crippen LogP contribution < -0.4 is 11.1 Å². The van der Waals surface area contributed by atoms with E-state index in [9.17, 15) is 4.79 Å². The van der Waals surface area contributed by atoms with Gasteiger partial charge in [0.15, 0.2) is 0 Å². The molecular formula is C19H19N3O. The zero-order valence-corrected chi connectivity index (χ0v) is 13.2. The van der Waals surface area contributed by atoms with Crippen molar-refractivity contribution in [1.29, 1.82) is 0 Å². The maximum absolute atomic E-state index is 12.5. The molecule has 0 unspecified atom stereocenters. The number of aryl methyl sites for hydroxylation is 1. The van der Waals surface area contributed by atoms with Gasteiger partial charge in [-0.3, -0.25) is 4.79 Å². The van der Waals surface area contributed by atoms with Crippen molar-refractivity contribution in [2.45, 2.75) is 19.9 Å². The number of anilines is 1. The lowest BCUT2D eigenvalue weighted by Crippen LogP contribution is -2.27. The van der Waals surface area contributed by atoms with Crippen LogP contribution in [0.4, 0.5) is 5.82 Å². The number of nitrogens with one attached hydrogen (secondary N) is 1. The number of fused-ring (bicyclic) bond motifs is 1. The van der Waals surface area contributed by atoms with E-state index in [1.54, 1.807) is 0 Å². The summed E-state index contributed by atoms with van der Waals surface area (Å²) in [6.07, 6.45) is 0. The van der Waals surface area contributed by atoms with E-state index < -0.39 is 0 Å². The Labute approximate surface area is 135 Å². The minimum atomic E-state index is -0.169. The molecule has 0 saturated carbocycles. The molecule has 0 radical (unpaired) electrons. The lowest BCUT2D eigenvalue weighted by molar-refractivity contribution is 0.0939. The van der Waals surface area contributed by atoms with Crippen LogP contribution in [0.1, 0.15) is 34.5 Å². The number of hydrogen-bond donors (Lipinski definition) is 2. The van der Waals surface area contributed by atoms with E-state index >= 15 is 0 Å². The van der Waals surface area contributed by atoms with Crippen LogP contribution in [0.5, 0.6) is 0 Å². The first-order valence-corrected chi connectivity index (χ1v) is 7.58. The highest BCUT2D eigenvalue weighted by Crippen LogP contribution is 2.25.